The molecule has 1 aliphatic carbocycles. The van der Waals surface area contributed by atoms with Crippen molar-refractivity contribution in [3.8, 4) is 0 Å². The van der Waals surface area contributed by atoms with Gasteiger partial charge in [0.15, 0.2) is 11.5 Å². The molecule has 2 nitrogen and oxygen atoms in total. The highest BCUT2D eigenvalue weighted by atomic mass is 19.3. The molecule has 62 valence electrons. The van der Waals surface area contributed by atoms with Gasteiger partial charge in [0.25, 0.3) is 6.43 Å². The summed E-state index contributed by atoms with van der Waals surface area (Å²) in [7, 11) is 0. The molecular weight excluding hydrogens is 154 g/mol. The van der Waals surface area contributed by atoms with Gasteiger partial charge in [0.2, 0.25) is 0 Å². The van der Waals surface area contributed by atoms with E-state index in [1.165, 1.54) is 0 Å². The minimum absolute atomic E-state index is 0.115. The van der Waals surface area contributed by atoms with Gasteiger partial charge in [0.05, 0.1) is 0 Å². The summed E-state index contributed by atoms with van der Waals surface area (Å²) in [6, 6.07) is 0. The van der Waals surface area contributed by atoms with E-state index in [-0.39, 0.29) is 11.7 Å². The summed E-state index contributed by atoms with van der Waals surface area (Å²) < 4.78 is 23.2. The summed E-state index contributed by atoms with van der Waals surface area (Å²) in [4.78, 5) is 10.8. The highest BCUT2D eigenvalue weighted by Crippen LogP contribution is 2.30. The van der Waals surface area contributed by atoms with Crippen molar-refractivity contribution in [2.45, 2.75) is 19.3 Å². The Balaban J connectivity index is 2.48. The summed E-state index contributed by atoms with van der Waals surface area (Å²) >= 11 is 0. The Morgan fingerprint density at radius 3 is 2.45 bits per heavy atom. The second-order valence-corrected chi connectivity index (χ2v) is 2.55. The fourth-order valence-electron chi connectivity index (χ4n) is 0.694. The number of hydrogen-bond donors (Lipinski definition) is 1. The monoisotopic (exact) mass is 162 g/mol. The minimum Gasteiger partial charge on any atom is -0.506 e. The Labute approximate surface area is 62.5 Å². The maximum absolute atomic E-state index is 11.6. The topological polar surface area (TPSA) is 37.3 Å². The van der Waals surface area contributed by atoms with Crippen molar-refractivity contribution in [3.63, 3.8) is 0 Å². The lowest BCUT2D eigenvalue weighted by atomic mass is 10.2. The van der Waals surface area contributed by atoms with Crippen molar-refractivity contribution >= 4 is 5.78 Å². The molecule has 1 N–H and O–H groups in total. The normalized spacial score (nSPS) is 19.0. The number of alkyl halides is 2. The van der Waals surface area contributed by atoms with E-state index in [0.717, 1.165) is 12.8 Å². The number of ketones is 1. The molecule has 0 atom stereocenters. The zero-order valence-electron chi connectivity index (χ0n) is 5.76. The van der Waals surface area contributed by atoms with Crippen LogP contribution in [0.25, 0.3) is 0 Å². The predicted octanol–water partition coefficient (Wildman–Crippen LogP) is 1.67. The lowest BCUT2D eigenvalue weighted by molar-refractivity contribution is -0.116. The molecule has 0 aromatic heterocycles. The van der Waals surface area contributed by atoms with Crippen LogP contribution >= 0.6 is 0 Å². The second-order valence-electron chi connectivity index (χ2n) is 2.55. The number of carbonyl (C=O) groups excluding carboxylic acids is 1. The fraction of sp³-hybridized carbons (Fsp3) is 0.571. The van der Waals surface area contributed by atoms with Crippen molar-refractivity contribution in [3.05, 3.63) is 11.8 Å². The van der Waals surface area contributed by atoms with E-state index in [0.29, 0.717) is 6.08 Å². The first kappa shape index (κ1) is 8.17. The first-order valence-electron chi connectivity index (χ1n) is 3.34. The molecule has 1 fully saturated rings. The number of rotatable bonds is 3. The van der Waals surface area contributed by atoms with E-state index in [4.69, 9.17) is 5.11 Å². The zero-order valence-corrected chi connectivity index (χ0v) is 5.76. The first-order valence-corrected chi connectivity index (χ1v) is 3.34. The van der Waals surface area contributed by atoms with Gasteiger partial charge in [-0.1, -0.05) is 0 Å². The lowest BCUT2D eigenvalue weighted by Crippen LogP contribution is -2.02. The molecule has 0 radical (unpaired) electrons. The van der Waals surface area contributed by atoms with E-state index in [1.54, 1.807) is 0 Å². The van der Waals surface area contributed by atoms with Crippen LogP contribution in [0.4, 0.5) is 8.78 Å². The summed E-state index contributed by atoms with van der Waals surface area (Å²) in [6.45, 7) is 0. The first-order chi connectivity index (χ1) is 5.11. The number of halogens is 2. The zero-order chi connectivity index (χ0) is 8.43. The van der Waals surface area contributed by atoms with E-state index >= 15 is 0 Å². The molecule has 0 unspecified atom stereocenters. The standard InChI is InChI=1S/C7H8F2O2/c8-7(9)6(11)3-5(10)4-1-2-4/h3-4,7,11H,1-2H2. The quantitative estimate of drug-likeness (QED) is 0.506. The Morgan fingerprint density at radius 2 is 2.09 bits per heavy atom. The Bertz CT molecular complexity index is 195. The van der Waals surface area contributed by atoms with Gasteiger partial charge in [-0.3, -0.25) is 4.79 Å². The third kappa shape index (κ3) is 2.29. The highest BCUT2D eigenvalue weighted by molar-refractivity contribution is 5.93. The van der Waals surface area contributed by atoms with E-state index < -0.39 is 12.2 Å². The van der Waals surface area contributed by atoms with Crippen LogP contribution in [0.5, 0.6) is 0 Å². The predicted molar refractivity (Wildman–Crippen MR) is 34.4 cm³/mol. The molecule has 11 heavy (non-hydrogen) atoms. The van der Waals surface area contributed by atoms with E-state index in [1.807, 2.05) is 0 Å². The molecule has 1 saturated carbocycles. The van der Waals surface area contributed by atoms with Gasteiger partial charge in [-0.05, 0) is 12.8 Å². The van der Waals surface area contributed by atoms with Crippen molar-refractivity contribution in [1.29, 1.82) is 0 Å². The van der Waals surface area contributed by atoms with E-state index in [9.17, 15) is 13.6 Å². The summed E-state index contributed by atoms with van der Waals surface area (Å²) in [5, 5.41) is 8.46. The third-order valence-corrected chi connectivity index (χ3v) is 1.49. The Kier molecular flexibility index (Phi) is 2.22. The Morgan fingerprint density at radius 1 is 1.55 bits per heavy atom. The highest BCUT2D eigenvalue weighted by Gasteiger charge is 2.28. The van der Waals surface area contributed by atoms with Gasteiger partial charge in [-0.25, -0.2) is 8.78 Å². The SMILES string of the molecule is O=C(C=C(O)C(F)F)C1CC1. The number of aliphatic hydroxyl groups excluding tert-OH is 1. The third-order valence-electron chi connectivity index (χ3n) is 1.49. The second kappa shape index (κ2) is 2.98. The Hall–Kier alpha value is -0.930. The molecule has 0 spiro atoms. The van der Waals surface area contributed by atoms with Gasteiger partial charge in [0.1, 0.15) is 0 Å². The maximum atomic E-state index is 11.6. The van der Waals surface area contributed by atoms with Crippen LogP contribution in [-0.2, 0) is 4.79 Å². The number of aliphatic hydroxyl groups is 1. The largest absolute Gasteiger partial charge is 0.506 e. The molecule has 1 rings (SSSR count). The molecule has 0 aliphatic heterocycles. The van der Waals surface area contributed by atoms with Gasteiger partial charge in [0, 0.05) is 12.0 Å². The minimum atomic E-state index is -2.93. The van der Waals surface area contributed by atoms with Crippen LogP contribution in [0.2, 0.25) is 0 Å². The molecular formula is C7H8F2O2. The molecule has 0 saturated heterocycles. The van der Waals surface area contributed by atoms with Crippen molar-refractivity contribution in [2.75, 3.05) is 0 Å². The van der Waals surface area contributed by atoms with Crippen LogP contribution < -0.4 is 0 Å². The molecule has 4 heteroatoms. The number of allylic oxidation sites excluding steroid dienone is 2. The van der Waals surface area contributed by atoms with Crippen LogP contribution in [-0.4, -0.2) is 17.3 Å². The van der Waals surface area contributed by atoms with Gasteiger partial charge >= 0.3 is 0 Å². The molecule has 0 aromatic carbocycles. The van der Waals surface area contributed by atoms with Crippen molar-refractivity contribution in [1.82, 2.24) is 0 Å². The van der Waals surface area contributed by atoms with Crippen molar-refractivity contribution < 1.29 is 18.7 Å². The van der Waals surface area contributed by atoms with Crippen LogP contribution in [0.3, 0.4) is 0 Å². The summed E-state index contributed by atoms with van der Waals surface area (Å²) in [6.07, 6.45) is -0.794. The van der Waals surface area contributed by atoms with Crippen molar-refractivity contribution in [2.24, 2.45) is 5.92 Å². The van der Waals surface area contributed by atoms with Gasteiger partial charge in [-0.2, -0.15) is 0 Å². The molecule has 1 aliphatic rings. The van der Waals surface area contributed by atoms with Crippen LogP contribution in [0.1, 0.15) is 12.8 Å². The molecule has 0 heterocycles. The van der Waals surface area contributed by atoms with Crippen LogP contribution in [0, 0.1) is 5.92 Å². The van der Waals surface area contributed by atoms with Gasteiger partial charge in [-0.15, -0.1) is 0 Å². The number of carbonyl (C=O) groups is 1. The van der Waals surface area contributed by atoms with Gasteiger partial charge < -0.3 is 5.11 Å². The average molecular weight is 162 g/mol. The molecule has 0 amide bonds. The maximum Gasteiger partial charge on any atom is 0.294 e. The summed E-state index contributed by atoms with van der Waals surface area (Å²) in [5.74, 6) is -1.62. The fourth-order valence-corrected chi connectivity index (χ4v) is 0.694. The lowest BCUT2D eigenvalue weighted by Gasteiger charge is -1.95. The summed E-state index contributed by atoms with van der Waals surface area (Å²) in [5.41, 5.74) is 0. The number of hydrogen-bond acceptors (Lipinski definition) is 2. The molecule has 0 aromatic rings. The van der Waals surface area contributed by atoms with E-state index in [2.05, 4.69) is 0 Å². The molecule has 0 bridgehead atoms. The average Bonchev–Trinajstić information content (AvgIpc) is 2.67. The van der Waals surface area contributed by atoms with Crippen LogP contribution in [0.15, 0.2) is 11.8 Å². The smallest absolute Gasteiger partial charge is 0.294 e.